The lowest BCUT2D eigenvalue weighted by Crippen LogP contribution is -2.42. The van der Waals surface area contributed by atoms with E-state index in [9.17, 15) is 9.18 Å². The SMILES string of the molecule is CCNC(=NCC(c1ccc(F)cc1)N1CCOCC1)NCCCCCC(=O)OC.I. The Kier molecular flexibility index (Phi) is 14.4. The molecule has 0 spiro atoms. The minimum absolute atomic E-state index is 0. The standard InChI is InChI=1S/C22H35FN4O3.HI/c1-3-24-22(25-12-6-4-5-7-21(28)29-2)26-17-20(27-13-15-30-16-14-27)18-8-10-19(23)11-9-18;/h8-11,20H,3-7,12-17H2,1-2H3,(H2,24,25,26);1H. The van der Waals surface area contributed by atoms with Crippen LogP contribution in [0.15, 0.2) is 29.3 Å². The largest absolute Gasteiger partial charge is 0.469 e. The zero-order valence-electron chi connectivity index (χ0n) is 18.6. The van der Waals surface area contributed by atoms with E-state index in [0.29, 0.717) is 26.2 Å². The lowest BCUT2D eigenvalue weighted by Gasteiger charge is -2.34. The molecule has 1 fully saturated rings. The minimum atomic E-state index is -0.231. The van der Waals surface area contributed by atoms with Crippen molar-refractivity contribution in [1.29, 1.82) is 0 Å². The highest BCUT2D eigenvalue weighted by atomic mass is 127. The monoisotopic (exact) mass is 550 g/mol. The van der Waals surface area contributed by atoms with Crippen LogP contribution in [-0.2, 0) is 14.3 Å². The van der Waals surface area contributed by atoms with Crippen molar-refractivity contribution in [3.8, 4) is 0 Å². The molecular formula is C22H36FIN4O3. The number of carbonyl (C=O) groups is 1. The summed E-state index contributed by atoms with van der Waals surface area (Å²) < 4.78 is 23.5. The molecule has 1 atom stereocenters. The molecule has 1 aliphatic heterocycles. The topological polar surface area (TPSA) is 75.2 Å². The number of benzene rings is 1. The first-order chi connectivity index (χ1) is 14.6. The summed E-state index contributed by atoms with van der Waals surface area (Å²) in [5.74, 6) is 0.379. The summed E-state index contributed by atoms with van der Waals surface area (Å²) in [6, 6.07) is 6.76. The third-order valence-electron chi connectivity index (χ3n) is 5.09. The maximum Gasteiger partial charge on any atom is 0.305 e. The van der Waals surface area contributed by atoms with Crippen LogP contribution in [0.2, 0.25) is 0 Å². The summed E-state index contributed by atoms with van der Waals surface area (Å²) in [4.78, 5) is 18.3. The zero-order chi connectivity index (χ0) is 21.6. The molecule has 0 saturated carbocycles. The number of esters is 1. The first-order valence-electron chi connectivity index (χ1n) is 10.8. The van der Waals surface area contributed by atoms with Crippen molar-refractivity contribution in [3.05, 3.63) is 35.6 Å². The van der Waals surface area contributed by atoms with Gasteiger partial charge in [0.15, 0.2) is 5.96 Å². The number of methoxy groups -OCH3 is 1. The van der Waals surface area contributed by atoms with Gasteiger partial charge in [0.05, 0.1) is 32.9 Å². The molecule has 0 aromatic heterocycles. The molecule has 1 aliphatic rings. The van der Waals surface area contributed by atoms with Gasteiger partial charge >= 0.3 is 5.97 Å². The maximum absolute atomic E-state index is 13.4. The molecule has 0 bridgehead atoms. The van der Waals surface area contributed by atoms with Crippen molar-refractivity contribution in [2.45, 2.75) is 38.6 Å². The van der Waals surface area contributed by atoms with Crippen LogP contribution in [0, 0.1) is 5.82 Å². The van der Waals surface area contributed by atoms with Gasteiger partial charge in [-0.2, -0.15) is 0 Å². The predicted octanol–water partition coefficient (Wildman–Crippen LogP) is 3.11. The van der Waals surface area contributed by atoms with E-state index >= 15 is 0 Å². The van der Waals surface area contributed by atoms with E-state index in [4.69, 9.17) is 9.73 Å². The number of morpholine rings is 1. The number of unbranched alkanes of at least 4 members (excludes halogenated alkanes) is 2. The number of nitrogens with zero attached hydrogens (tertiary/aromatic N) is 2. The average molecular weight is 550 g/mol. The lowest BCUT2D eigenvalue weighted by atomic mass is 10.0. The molecule has 1 aromatic carbocycles. The van der Waals surface area contributed by atoms with Crippen molar-refractivity contribution >= 4 is 35.9 Å². The lowest BCUT2D eigenvalue weighted by molar-refractivity contribution is -0.140. The second kappa shape index (κ2) is 16.2. The summed E-state index contributed by atoms with van der Waals surface area (Å²) in [6.45, 7) is 7.23. The Balaban J connectivity index is 0.00000480. The molecule has 7 nitrogen and oxygen atoms in total. The Morgan fingerprint density at radius 2 is 1.90 bits per heavy atom. The van der Waals surface area contributed by atoms with Crippen molar-refractivity contribution in [2.24, 2.45) is 4.99 Å². The number of nitrogens with one attached hydrogen (secondary N) is 2. The Bertz CT molecular complexity index is 655. The average Bonchev–Trinajstić information content (AvgIpc) is 2.77. The summed E-state index contributed by atoms with van der Waals surface area (Å²) in [5.41, 5.74) is 1.06. The molecular weight excluding hydrogens is 514 g/mol. The second-order valence-corrected chi connectivity index (χ2v) is 7.25. The van der Waals surface area contributed by atoms with E-state index in [0.717, 1.165) is 57.0 Å². The molecule has 31 heavy (non-hydrogen) atoms. The fraction of sp³-hybridized carbons (Fsp3) is 0.636. The normalized spacial score (nSPS) is 15.6. The minimum Gasteiger partial charge on any atom is -0.469 e. The fourth-order valence-electron chi connectivity index (χ4n) is 3.41. The van der Waals surface area contributed by atoms with Gasteiger partial charge in [-0.1, -0.05) is 18.6 Å². The Morgan fingerprint density at radius 1 is 1.19 bits per heavy atom. The molecule has 9 heteroatoms. The van der Waals surface area contributed by atoms with Crippen LogP contribution >= 0.6 is 24.0 Å². The van der Waals surface area contributed by atoms with E-state index in [1.165, 1.54) is 19.2 Å². The van der Waals surface area contributed by atoms with E-state index < -0.39 is 0 Å². The highest BCUT2D eigenvalue weighted by Crippen LogP contribution is 2.22. The number of hydrogen-bond acceptors (Lipinski definition) is 5. The molecule has 176 valence electrons. The second-order valence-electron chi connectivity index (χ2n) is 7.25. The fourth-order valence-corrected chi connectivity index (χ4v) is 3.41. The summed E-state index contributed by atoms with van der Waals surface area (Å²) in [7, 11) is 1.42. The highest BCUT2D eigenvalue weighted by Gasteiger charge is 2.22. The van der Waals surface area contributed by atoms with Gasteiger partial charge in [-0.05, 0) is 37.5 Å². The van der Waals surface area contributed by atoms with E-state index in [1.807, 2.05) is 19.1 Å². The van der Waals surface area contributed by atoms with Gasteiger partial charge < -0.3 is 20.1 Å². The number of halogens is 2. The molecule has 1 saturated heterocycles. The first-order valence-corrected chi connectivity index (χ1v) is 10.8. The maximum atomic E-state index is 13.4. The van der Waals surface area contributed by atoms with E-state index in [1.54, 1.807) is 0 Å². The van der Waals surface area contributed by atoms with Crippen LogP contribution < -0.4 is 10.6 Å². The number of hydrogen-bond donors (Lipinski definition) is 2. The number of aliphatic imine (C=N–C) groups is 1. The molecule has 0 aliphatic carbocycles. The van der Waals surface area contributed by atoms with Crippen molar-refractivity contribution in [3.63, 3.8) is 0 Å². The van der Waals surface area contributed by atoms with Crippen LogP contribution in [0.5, 0.6) is 0 Å². The van der Waals surface area contributed by atoms with Gasteiger partial charge in [-0.25, -0.2) is 4.39 Å². The van der Waals surface area contributed by atoms with Crippen molar-refractivity contribution in [1.82, 2.24) is 15.5 Å². The predicted molar refractivity (Wildman–Crippen MR) is 131 cm³/mol. The first kappa shape index (κ1) is 27.6. The van der Waals surface area contributed by atoms with E-state index in [2.05, 4.69) is 20.3 Å². The Labute approximate surface area is 202 Å². The van der Waals surface area contributed by atoms with Gasteiger partial charge in [-0.3, -0.25) is 14.7 Å². The summed E-state index contributed by atoms with van der Waals surface area (Å²) in [5, 5.41) is 6.64. The number of rotatable bonds is 11. The molecule has 0 amide bonds. The van der Waals surface area contributed by atoms with Crippen LogP contribution in [0.25, 0.3) is 0 Å². The van der Waals surface area contributed by atoms with Gasteiger partial charge in [0.1, 0.15) is 5.82 Å². The Hall–Kier alpha value is -1.46. The third-order valence-corrected chi connectivity index (χ3v) is 5.09. The van der Waals surface area contributed by atoms with Crippen LogP contribution in [0.3, 0.4) is 0 Å². The van der Waals surface area contributed by atoms with Crippen LogP contribution in [0.1, 0.15) is 44.2 Å². The number of ether oxygens (including phenoxy) is 2. The molecule has 1 heterocycles. The quantitative estimate of drug-likeness (QED) is 0.145. The molecule has 1 unspecified atom stereocenters. The van der Waals surface area contributed by atoms with Gasteiger partial charge in [0, 0.05) is 32.6 Å². The van der Waals surface area contributed by atoms with Crippen LogP contribution in [-0.4, -0.2) is 69.9 Å². The third kappa shape index (κ3) is 10.6. The van der Waals surface area contributed by atoms with Crippen LogP contribution in [0.4, 0.5) is 4.39 Å². The summed E-state index contributed by atoms with van der Waals surface area (Å²) in [6.07, 6.45) is 3.19. The number of guanidine groups is 1. The summed E-state index contributed by atoms with van der Waals surface area (Å²) >= 11 is 0. The molecule has 2 N–H and O–H groups in total. The van der Waals surface area contributed by atoms with Gasteiger partial charge in [0.25, 0.3) is 0 Å². The highest BCUT2D eigenvalue weighted by molar-refractivity contribution is 14.0. The zero-order valence-corrected chi connectivity index (χ0v) is 20.9. The Morgan fingerprint density at radius 3 is 2.55 bits per heavy atom. The molecule has 0 radical (unpaired) electrons. The number of carbonyl (C=O) groups excluding carboxylic acids is 1. The van der Waals surface area contributed by atoms with Crippen molar-refractivity contribution < 1.29 is 18.7 Å². The smallest absolute Gasteiger partial charge is 0.305 e. The van der Waals surface area contributed by atoms with Crippen molar-refractivity contribution in [2.75, 3.05) is 53.0 Å². The van der Waals surface area contributed by atoms with Gasteiger partial charge in [0.2, 0.25) is 0 Å². The molecule has 1 aromatic rings. The molecule has 2 rings (SSSR count). The van der Waals surface area contributed by atoms with E-state index in [-0.39, 0.29) is 41.8 Å². The van der Waals surface area contributed by atoms with Gasteiger partial charge in [-0.15, -0.1) is 24.0 Å².